The van der Waals surface area contributed by atoms with E-state index in [-0.39, 0.29) is 0 Å². The van der Waals surface area contributed by atoms with Crippen molar-refractivity contribution in [1.29, 1.82) is 0 Å². The van der Waals surface area contributed by atoms with Crippen molar-refractivity contribution in [3.05, 3.63) is 54.5 Å². The molecule has 0 aromatic carbocycles. The van der Waals surface area contributed by atoms with E-state index in [1.807, 2.05) is 24.4 Å². The molecule has 1 N–H and O–H groups in total. The Labute approximate surface area is 118 Å². The molecule has 0 spiro atoms. The monoisotopic (exact) mass is 318 g/mol. The summed E-state index contributed by atoms with van der Waals surface area (Å²) < 4.78 is 2.20. The molecule has 0 aliphatic carbocycles. The molecule has 0 bridgehead atoms. The summed E-state index contributed by atoms with van der Waals surface area (Å²) in [5.74, 6) is 1.07. The van der Waals surface area contributed by atoms with Gasteiger partial charge in [0.1, 0.15) is 0 Å². The molecule has 0 amide bonds. The molecule has 3 nitrogen and oxygen atoms in total. The van der Waals surface area contributed by atoms with Crippen LogP contribution in [0, 0.1) is 0 Å². The molecular formula is C15H16N3Se+. The topological polar surface area (TPSA) is 32.8 Å². The summed E-state index contributed by atoms with van der Waals surface area (Å²) in [5, 5.41) is 2.41. The second kappa shape index (κ2) is 5.55. The van der Waals surface area contributed by atoms with Gasteiger partial charge in [-0.2, -0.15) is 0 Å². The van der Waals surface area contributed by atoms with E-state index < -0.39 is 0 Å². The molecule has 3 aromatic rings. The van der Waals surface area contributed by atoms with Gasteiger partial charge in [0.05, 0.1) is 0 Å². The number of fused-ring (bicyclic) bond motifs is 1. The second-order valence-corrected chi connectivity index (χ2v) is 6.93. The zero-order valence-corrected chi connectivity index (χ0v) is 12.5. The van der Waals surface area contributed by atoms with Crippen LogP contribution in [0.5, 0.6) is 0 Å². The molecule has 0 saturated heterocycles. The number of pyridine rings is 2. The van der Waals surface area contributed by atoms with Crippen LogP contribution < -0.4 is 4.40 Å². The molecule has 3 aromatic heterocycles. The van der Waals surface area contributed by atoms with Crippen molar-refractivity contribution in [2.24, 2.45) is 0 Å². The van der Waals surface area contributed by atoms with Crippen molar-refractivity contribution in [1.82, 2.24) is 9.97 Å². The predicted octanol–water partition coefficient (Wildman–Crippen LogP) is 2.46. The first-order valence-electron chi connectivity index (χ1n) is 6.40. The average molecular weight is 317 g/mol. The van der Waals surface area contributed by atoms with Crippen LogP contribution in [0.2, 0.25) is 5.32 Å². The summed E-state index contributed by atoms with van der Waals surface area (Å²) in [4.78, 5) is 8.00. The van der Waals surface area contributed by atoms with Crippen LogP contribution in [0.1, 0.15) is 12.6 Å². The third-order valence-electron chi connectivity index (χ3n) is 3.04. The zero-order valence-electron chi connectivity index (χ0n) is 10.8. The number of nitrogens with zero attached hydrogens (tertiary/aromatic N) is 2. The molecule has 0 unspecified atom stereocenters. The Morgan fingerprint density at radius 2 is 2.11 bits per heavy atom. The van der Waals surface area contributed by atoms with Gasteiger partial charge >= 0.3 is 118 Å². The summed E-state index contributed by atoms with van der Waals surface area (Å²) in [5.41, 5.74) is 3.57. The maximum absolute atomic E-state index is 4.45. The number of nitrogens with one attached hydrogen (secondary N) is 1. The van der Waals surface area contributed by atoms with E-state index in [0.29, 0.717) is 15.0 Å². The standard InChI is InChI=1S/C15H15N3Se/c1-2-19-11-13-14-8-4-6-10-18(14)15(17-13)12-7-3-5-9-16-12/h3-10H,2,11H2,1H3/p+1. The first kappa shape index (κ1) is 12.4. The Morgan fingerprint density at radius 3 is 2.89 bits per heavy atom. The molecule has 3 heterocycles. The summed E-state index contributed by atoms with van der Waals surface area (Å²) in [6.45, 7) is 2.25. The predicted molar refractivity (Wildman–Crippen MR) is 77.1 cm³/mol. The van der Waals surface area contributed by atoms with Crippen molar-refractivity contribution in [2.75, 3.05) is 0 Å². The van der Waals surface area contributed by atoms with Crippen molar-refractivity contribution >= 4 is 20.5 Å². The van der Waals surface area contributed by atoms with Crippen LogP contribution >= 0.6 is 0 Å². The molecule has 0 fully saturated rings. The summed E-state index contributed by atoms with van der Waals surface area (Å²) in [6, 6.07) is 12.3. The van der Waals surface area contributed by atoms with Gasteiger partial charge in [-0.3, -0.25) is 0 Å². The van der Waals surface area contributed by atoms with Gasteiger partial charge in [0.15, 0.2) is 0 Å². The van der Waals surface area contributed by atoms with Gasteiger partial charge in [0, 0.05) is 0 Å². The van der Waals surface area contributed by atoms with Gasteiger partial charge < -0.3 is 0 Å². The van der Waals surface area contributed by atoms with Gasteiger partial charge in [0.25, 0.3) is 0 Å². The van der Waals surface area contributed by atoms with Crippen LogP contribution in [0.3, 0.4) is 0 Å². The number of aromatic amines is 1. The number of rotatable bonds is 4. The van der Waals surface area contributed by atoms with E-state index in [0.717, 1.165) is 16.8 Å². The van der Waals surface area contributed by atoms with Gasteiger partial charge in [-0.15, -0.1) is 0 Å². The summed E-state index contributed by atoms with van der Waals surface area (Å²) >= 11 is 0.662. The van der Waals surface area contributed by atoms with E-state index in [4.69, 9.17) is 0 Å². The quantitative estimate of drug-likeness (QED) is 0.582. The van der Waals surface area contributed by atoms with Gasteiger partial charge in [-0.25, -0.2) is 0 Å². The van der Waals surface area contributed by atoms with E-state index >= 15 is 0 Å². The Bertz CT molecular complexity index is 676. The fourth-order valence-electron chi connectivity index (χ4n) is 2.16. The molecule has 19 heavy (non-hydrogen) atoms. The average Bonchev–Trinajstić information content (AvgIpc) is 2.85. The van der Waals surface area contributed by atoms with E-state index in [2.05, 4.69) is 45.7 Å². The SMILES string of the molecule is CC[Se]Cc1[nH]c(-c2ccccn2)[n+]2ccccc12. The third kappa shape index (κ3) is 2.42. The van der Waals surface area contributed by atoms with E-state index in [9.17, 15) is 0 Å². The van der Waals surface area contributed by atoms with Gasteiger partial charge in [-0.05, 0) is 0 Å². The van der Waals surface area contributed by atoms with Crippen molar-refractivity contribution in [2.45, 2.75) is 17.6 Å². The van der Waals surface area contributed by atoms with Crippen molar-refractivity contribution in [3.63, 3.8) is 0 Å². The fraction of sp³-hybridized carbons (Fsp3) is 0.200. The van der Waals surface area contributed by atoms with Crippen molar-refractivity contribution < 1.29 is 4.40 Å². The molecule has 0 atom stereocenters. The molecular weight excluding hydrogens is 301 g/mol. The minimum absolute atomic E-state index is 0.662. The fourth-order valence-corrected chi connectivity index (χ4v) is 3.47. The van der Waals surface area contributed by atoms with Crippen LogP contribution in [0.15, 0.2) is 48.8 Å². The third-order valence-corrected chi connectivity index (χ3v) is 4.93. The molecule has 0 aliphatic heterocycles. The van der Waals surface area contributed by atoms with Crippen molar-refractivity contribution in [3.8, 4) is 11.5 Å². The second-order valence-electron chi connectivity index (χ2n) is 4.26. The number of hydrogen-bond acceptors (Lipinski definition) is 1. The van der Waals surface area contributed by atoms with Crippen LogP contribution in [0.25, 0.3) is 17.0 Å². The van der Waals surface area contributed by atoms with E-state index in [1.54, 1.807) is 0 Å². The Kier molecular flexibility index (Phi) is 3.62. The van der Waals surface area contributed by atoms with Gasteiger partial charge in [-0.1, -0.05) is 0 Å². The number of aromatic nitrogens is 3. The molecule has 0 aliphatic rings. The van der Waals surface area contributed by atoms with Gasteiger partial charge in [0.2, 0.25) is 0 Å². The Morgan fingerprint density at radius 1 is 1.21 bits per heavy atom. The number of imidazole rings is 1. The van der Waals surface area contributed by atoms with Crippen LogP contribution in [0.4, 0.5) is 0 Å². The number of hydrogen-bond donors (Lipinski definition) is 1. The van der Waals surface area contributed by atoms with Crippen LogP contribution in [-0.4, -0.2) is 24.9 Å². The number of H-pyrrole nitrogens is 1. The summed E-state index contributed by atoms with van der Waals surface area (Å²) in [7, 11) is 0. The first-order valence-corrected chi connectivity index (χ1v) is 8.83. The van der Waals surface area contributed by atoms with Crippen LogP contribution in [-0.2, 0) is 5.32 Å². The molecule has 3 rings (SSSR count). The molecule has 0 radical (unpaired) electrons. The molecule has 96 valence electrons. The normalized spacial score (nSPS) is 11.0. The molecule has 4 heteroatoms. The Balaban J connectivity index is 2.15. The first-order chi connectivity index (χ1) is 9.40. The van der Waals surface area contributed by atoms with E-state index in [1.165, 1.54) is 16.5 Å². The summed E-state index contributed by atoms with van der Waals surface area (Å²) in [6.07, 6.45) is 3.93. The Hall–Kier alpha value is -1.64. The minimum atomic E-state index is 0.662. The maximum atomic E-state index is 4.45. The zero-order chi connectivity index (χ0) is 13.1. The molecule has 0 saturated carbocycles.